The highest BCUT2D eigenvalue weighted by Gasteiger charge is 2.08. The Bertz CT molecular complexity index is 612. The van der Waals surface area contributed by atoms with Crippen LogP contribution < -0.4 is 4.74 Å². The van der Waals surface area contributed by atoms with E-state index in [1.165, 1.54) is 43.7 Å². The first-order chi connectivity index (χ1) is 9.10. The fourth-order valence-electron chi connectivity index (χ4n) is 1.52. The van der Waals surface area contributed by atoms with Crippen LogP contribution in [0.5, 0.6) is 11.5 Å². The molecule has 0 saturated heterocycles. The molecule has 0 saturated carbocycles. The molecule has 0 unspecified atom stereocenters. The summed E-state index contributed by atoms with van der Waals surface area (Å²) < 4.78 is 17.7. The third-order valence-electron chi connectivity index (χ3n) is 2.47. The summed E-state index contributed by atoms with van der Waals surface area (Å²) >= 11 is 5.90. The van der Waals surface area contributed by atoms with Crippen LogP contribution in [0, 0.1) is 5.82 Å². The lowest BCUT2D eigenvalue weighted by molar-refractivity contribution is 0.373. The normalized spacial score (nSPS) is 10.9. The SMILES string of the molecule is COc1cc(Cl)cc(C=Nc2ccc(F)cc2)c1O. The Balaban J connectivity index is 2.32. The Morgan fingerprint density at radius 3 is 2.58 bits per heavy atom. The predicted octanol–water partition coefficient (Wildman–Crippen LogP) is 3.94. The molecule has 0 spiro atoms. The second kappa shape index (κ2) is 5.71. The van der Waals surface area contributed by atoms with Crippen LogP contribution in [0.15, 0.2) is 41.4 Å². The maximum absolute atomic E-state index is 12.7. The van der Waals surface area contributed by atoms with Gasteiger partial charge in [-0.2, -0.15) is 0 Å². The number of methoxy groups -OCH3 is 1. The zero-order valence-corrected chi connectivity index (χ0v) is 10.9. The number of aromatic hydroxyl groups is 1. The summed E-state index contributed by atoms with van der Waals surface area (Å²) in [5.41, 5.74) is 0.994. The molecule has 0 aliphatic carbocycles. The van der Waals surface area contributed by atoms with Crippen LogP contribution in [0.25, 0.3) is 0 Å². The van der Waals surface area contributed by atoms with Crippen molar-refractivity contribution in [3.63, 3.8) is 0 Å². The molecule has 0 amide bonds. The fourth-order valence-corrected chi connectivity index (χ4v) is 1.74. The minimum atomic E-state index is -0.328. The van der Waals surface area contributed by atoms with E-state index in [-0.39, 0.29) is 17.3 Å². The Morgan fingerprint density at radius 1 is 1.26 bits per heavy atom. The highest BCUT2D eigenvalue weighted by atomic mass is 35.5. The molecule has 3 nitrogen and oxygen atoms in total. The van der Waals surface area contributed by atoms with Gasteiger partial charge in [-0.3, -0.25) is 4.99 Å². The molecule has 2 aromatic rings. The summed E-state index contributed by atoms with van der Waals surface area (Å²) in [6, 6.07) is 8.75. The van der Waals surface area contributed by atoms with Gasteiger partial charge in [0.2, 0.25) is 0 Å². The minimum Gasteiger partial charge on any atom is -0.504 e. The molecule has 0 aliphatic heterocycles. The molecule has 1 N–H and O–H groups in total. The number of phenols is 1. The van der Waals surface area contributed by atoms with E-state index < -0.39 is 0 Å². The molecule has 19 heavy (non-hydrogen) atoms. The molecule has 5 heteroatoms. The van der Waals surface area contributed by atoms with Crippen LogP contribution in [0.2, 0.25) is 5.02 Å². The number of hydrogen-bond donors (Lipinski definition) is 1. The predicted molar refractivity (Wildman–Crippen MR) is 73.3 cm³/mol. The van der Waals surface area contributed by atoms with Gasteiger partial charge < -0.3 is 9.84 Å². The van der Waals surface area contributed by atoms with Crippen molar-refractivity contribution >= 4 is 23.5 Å². The second-order valence-corrected chi connectivity index (χ2v) is 4.22. The minimum absolute atomic E-state index is 0.0437. The molecule has 2 rings (SSSR count). The molecular formula is C14H11ClFNO2. The van der Waals surface area contributed by atoms with Crippen molar-refractivity contribution in [2.75, 3.05) is 7.11 Å². The Kier molecular flexibility index (Phi) is 4.02. The van der Waals surface area contributed by atoms with Gasteiger partial charge in [0.15, 0.2) is 11.5 Å². The van der Waals surface area contributed by atoms with Crippen molar-refractivity contribution in [1.29, 1.82) is 0 Å². The number of rotatable bonds is 3. The Morgan fingerprint density at radius 2 is 1.95 bits per heavy atom. The lowest BCUT2D eigenvalue weighted by atomic mass is 10.2. The topological polar surface area (TPSA) is 41.8 Å². The van der Waals surface area contributed by atoms with E-state index in [2.05, 4.69) is 4.99 Å². The summed E-state index contributed by atoms with van der Waals surface area (Å²) in [7, 11) is 1.44. The van der Waals surface area contributed by atoms with E-state index in [1.807, 2.05) is 0 Å². The van der Waals surface area contributed by atoms with Gasteiger partial charge in [0.25, 0.3) is 0 Å². The summed E-state index contributed by atoms with van der Waals surface area (Å²) in [5, 5.41) is 10.3. The summed E-state index contributed by atoms with van der Waals surface area (Å²) in [5.74, 6) is -0.1000. The van der Waals surface area contributed by atoms with Gasteiger partial charge in [-0.25, -0.2) is 4.39 Å². The summed E-state index contributed by atoms with van der Waals surface area (Å²) in [6.45, 7) is 0. The second-order valence-electron chi connectivity index (χ2n) is 3.78. The Hall–Kier alpha value is -2.07. The van der Waals surface area contributed by atoms with Crippen molar-refractivity contribution in [3.05, 3.63) is 52.8 Å². The molecule has 0 aliphatic rings. The average Bonchev–Trinajstić information content (AvgIpc) is 2.41. The van der Waals surface area contributed by atoms with Crippen LogP contribution in [-0.4, -0.2) is 18.4 Å². The van der Waals surface area contributed by atoms with E-state index in [9.17, 15) is 9.50 Å². The van der Waals surface area contributed by atoms with E-state index in [0.29, 0.717) is 16.3 Å². The third kappa shape index (κ3) is 3.23. The molecule has 0 fully saturated rings. The number of benzene rings is 2. The molecule has 98 valence electrons. The smallest absolute Gasteiger partial charge is 0.166 e. The molecule has 0 atom stereocenters. The number of phenolic OH excluding ortho intramolecular Hbond substituents is 1. The third-order valence-corrected chi connectivity index (χ3v) is 2.69. The van der Waals surface area contributed by atoms with Crippen LogP contribution in [-0.2, 0) is 0 Å². The highest BCUT2D eigenvalue weighted by molar-refractivity contribution is 6.31. The van der Waals surface area contributed by atoms with Crippen molar-refractivity contribution < 1.29 is 14.2 Å². The Labute approximate surface area is 114 Å². The molecule has 0 aromatic heterocycles. The van der Waals surface area contributed by atoms with E-state index in [0.717, 1.165) is 0 Å². The van der Waals surface area contributed by atoms with Gasteiger partial charge >= 0.3 is 0 Å². The van der Waals surface area contributed by atoms with Crippen molar-refractivity contribution in [2.24, 2.45) is 4.99 Å². The first-order valence-corrected chi connectivity index (χ1v) is 5.84. The number of halogens is 2. The van der Waals surface area contributed by atoms with Crippen LogP contribution in [0.4, 0.5) is 10.1 Å². The fraction of sp³-hybridized carbons (Fsp3) is 0.0714. The first-order valence-electron chi connectivity index (χ1n) is 5.46. The largest absolute Gasteiger partial charge is 0.504 e. The maximum atomic E-state index is 12.7. The van der Waals surface area contributed by atoms with Gasteiger partial charge in [-0.05, 0) is 30.3 Å². The van der Waals surface area contributed by atoms with E-state index >= 15 is 0 Å². The van der Waals surface area contributed by atoms with Crippen LogP contribution in [0.3, 0.4) is 0 Å². The molecule has 0 bridgehead atoms. The number of hydrogen-bond acceptors (Lipinski definition) is 3. The number of nitrogens with zero attached hydrogens (tertiary/aromatic N) is 1. The van der Waals surface area contributed by atoms with Gasteiger partial charge in [-0.1, -0.05) is 11.6 Å². The lowest BCUT2D eigenvalue weighted by Crippen LogP contribution is -1.89. The number of aliphatic imine (C=N–C) groups is 1. The lowest BCUT2D eigenvalue weighted by Gasteiger charge is -2.06. The number of ether oxygens (including phenoxy) is 1. The van der Waals surface area contributed by atoms with Crippen LogP contribution >= 0.6 is 11.6 Å². The van der Waals surface area contributed by atoms with Crippen molar-refractivity contribution in [2.45, 2.75) is 0 Å². The van der Waals surface area contributed by atoms with Crippen molar-refractivity contribution in [1.82, 2.24) is 0 Å². The van der Waals surface area contributed by atoms with Crippen molar-refractivity contribution in [3.8, 4) is 11.5 Å². The molecule has 2 aromatic carbocycles. The van der Waals surface area contributed by atoms with Gasteiger partial charge in [0.05, 0.1) is 12.8 Å². The zero-order valence-electron chi connectivity index (χ0n) is 10.1. The van der Waals surface area contributed by atoms with E-state index in [4.69, 9.17) is 16.3 Å². The van der Waals surface area contributed by atoms with Gasteiger partial charge in [-0.15, -0.1) is 0 Å². The summed E-state index contributed by atoms with van der Waals surface area (Å²) in [6.07, 6.45) is 1.44. The van der Waals surface area contributed by atoms with Crippen LogP contribution in [0.1, 0.15) is 5.56 Å². The van der Waals surface area contributed by atoms with E-state index in [1.54, 1.807) is 6.07 Å². The first kappa shape index (κ1) is 13.4. The highest BCUT2D eigenvalue weighted by Crippen LogP contribution is 2.32. The zero-order chi connectivity index (χ0) is 13.8. The maximum Gasteiger partial charge on any atom is 0.166 e. The van der Waals surface area contributed by atoms with Gasteiger partial charge in [0, 0.05) is 22.9 Å². The quantitative estimate of drug-likeness (QED) is 0.865. The average molecular weight is 280 g/mol. The summed E-state index contributed by atoms with van der Waals surface area (Å²) in [4.78, 5) is 4.13. The monoisotopic (exact) mass is 279 g/mol. The molecule has 0 heterocycles. The molecular weight excluding hydrogens is 269 g/mol. The standard InChI is InChI=1S/C14H11ClFNO2/c1-19-13-7-10(15)6-9(14(13)18)8-17-12-4-2-11(16)3-5-12/h2-8,18H,1H3. The molecule has 0 radical (unpaired) electrons. The van der Waals surface area contributed by atoms with Gasteiger partial charge in [0.1, 0.15) is 5.82 Å².